The number of aromatic nitrogens is 2. The van der Waals surface area contributed by atoms with Gasteiger partial charge in [-0.2, -0.15) is 0 Å². The fourth-order valence-electron chi connectivity index (χ4n) is 2.88. The van der Waals surface area contributed by atoms with Crippen molar-refractivity contribution in [2.45, 2.75) is 19.0 Å². The van der Waals surface area contributed by atoms with E-state index in [-0.39, 0.29) is 17.5 Å². The number of carbonyl (C=O) groups is 1. The molecule has 8 heteroatoms. The van der Waals surface area contributed by atoms with E-state index < -0.39 is 0 Å². The van der Waals surface area contributed by atoms with Crippen molar-refractivity contribution in [2.75, 3.05) is 24.3 Å². The van der Waals surface area contributed by atoms with Gasteiger partial charge < -0.3 is 19.4 Å². The second-order valence-electron chi connectivity index (χ2n) is 6.35. The molecule has 3 aromatic rings. The number of imidazole rings is 1. The molecule has 3 rings (SSSR count). The molecule has 0 aliphatic heterocycles. The SMILES string of the molecule is CCOc1ccc(OCC)c(NC(=O)CSc2ncc(-c3ccc(F)cc3)n2C)c1. The van der Waals surface area contributed by atoms with Crippen molar-refractivity contribution in [2.24, 2.45) is 7.05 Å². The van der Waals surface area contributed by atoms with E-state index in [1.54, 1.807) is 30.5 Å². The molecule has 30 heavy (non-hydrogen) atoms. The number of thioether (sulfide) groups is 1. The first-order valence-corrected chi connectivity index (χ1v) is 10.6. The molecule has 0 unspecified atom stereocenters. The summed E-state index contributed by atoms with van der Waals surface area (Å²) in [6, 6.07) is 11.6. The summed E-state index contributed by atoms with van der Waals surface area (Å²) in [5, 5.41) is 3.58. The molecule has 0 bridgehead atoms. The maximum Gasteiger partial charge on any atom is 0.234 e. The van der Waals surface area contributed by atoms with E-state index in [2.05, 4.69) is 10.3 Å². The first kappa shape index (κ1) is 21.7. The van der Waals surface area contributed by atoms with Crippen LogP contribution in [0, 0.1) is 5.82 Å². The topological polar surface area (TPSA) is 65.4 Å². The summed E-state index contributed by atoms with van der Waals surface area (Å²) >= 11 is 1.32. The zero-order chi connectivity index (χ0) is 21.5. The number of hydrogen-bond acceptors (Lipinski definition) is 5. The van der Waals surface area contributed by atoms with Gasteiger partial charge >= 0.3 is 0 Å². The summed E-state index contributed by atoms with van der Waals surface area (Å²) in [5.74, 6) is 0.970. The average Bonchev–Trinajstić information content (AvgIpc) is 3.10. The minimum Gasteiger partial charge on any atom is -0.494 e. The van der Waals surface area contributed by atoms with Gasteiger partial charge in [-0.1, -0.05) is 11.8 Å². The van der Waals surface area contributed by atoms with Crippen molar-refractivity contribution >= 4 is 23.4 Å². The number of nitrogens with one attached hydrogen (secondary N) is 1. The highest BCUT2D eigenvalue weighted by molar-refractivity contribution is 7.99. The molecule has 1 amide bonds. The molecule has 158 valence electrons. The Morgan fingerprint density at radius 3 is 2.57 bits per heavy atom. The van der Waals surface area contributed by atoms with Crippen LogP contribution in [0.4, 0.5) is 10.1 Å². The second-order valence-corrected chi connectivity index (χ2v) is 7.30. The molecule has 0 fully saturated rings. The van der Waals surface area contributed by atoms with Gasteiger partial charge in [-0.15, -0.1) is 0 Å². The van der Waals surface area contributed by atoms with Crippen LogP contribution in [0.2, 0.25) is 0 Å². The fourth-order valence-corrected chi connectivity index (χ4v) is 3.63. The van der Waals surface area contributed by atoms with Crippen molar-refractivity contribution in [1.82, 2.24) is 9.55 Å². The molecule has 0 saturated carbocycles. The zero-order valence-electron chi connectivity index (χ0n) is 17.1. The largest absolute Gasteiger partial charge is 0.494 e. The third kappa shape index (κ3) is 5.33. The Hall–Kier alpha value is -3.00. The Balaban J connectivity index is 1.66. The second kappa shape index (κ2) is 10.2. The average molecular weight is 430 g/mol. The molecule has 0 spiro atoms. The quantitative estimate of drug-likeness (QED) is 0.497. The highest BCUT2D eigenvalue weighted by Gasteiger charge is 2.14. The Bertz CT molecular complexity index is 1010. The van der Waals surface area contributed by atoms with E-state index in [1.165, 1.54) is 23.9 Å². The number of carbonyl (C=O) groups excluding carboxylic acids is 1. The Kier molecular flexibility index (Phi) is 7.35. The molecule has 0 atom stereocenters. The molecule has 0 saturated heterocycles. The van der Waals surface area contributed by atoms with E-state index in [4.69, 9.17) is 9.47 Å². The summed E-state index contributed by atoms with van der Waals surface area (Å²) < 4.78 is 26.1. The summed E-state index contributed by atoms with van der Waals surface area (Å²) in [6.07, 6.45) is 1.71. The molecule has 0 aliphatic rings. The maximum atomic E-state index is 13.2. The minimum absolute atomic E-state index is 0.179. The van der Waals surface area contributed by atoms with E-state index in [0.717, 1.165) is 11.3 Å². The van der Waals surface area contributed by atoms with E-state index in [1.807, 2.05) is 31.5 Å². The van der Waals surface area contributed by atoms with Gasteiger partial charge in [0.25, 0.3) is 0 Å². The van der Waals surface area contributed by atoms with Crippen molar-refractivity contribution in [1.29, 1.82) is 0 Å². The lowest BCUT2D eigenvalue weighted by molar-refractivity contribution is -0.113. The predicted octanol–water partition coefficient (Wildman–Crippen LogP) is 4.75. The number of benzene rings is 2. The van der Waals surface area contributed by atoms with E-state index in [9.17, 15) is 9.18 Å². The number of nitrogens with zero attached hydrogens (tertiary/aromatic N) is 2. The molecule has 0 radical (unpaired) electrons. The first-order valence-electron chi connectivity index (χ1n) is 9.61. The van der Waals surface area contributed by atoms with Crippen molar-refractivity contribution in [3.05, 3.63) is 54.5 Å². The molecular weight excluding hydrogens is 405 g/mol. The van der Waals surface area contributed by atoms with Gasteiger partial charge in [0, 0.05) is 13.1 Å². The third-order valence-corrected chi connectivity index (χ3v) is 5.30. The van der Waals surface area contributed by atoms with Gasteiger partial charge in [0.1, 0.15) is 17.3 Å². The van der Waals surface area contributed by atoms with Gasteiger partial charge in [-0.25, -0.2) is 9.37 Å². The van der Waals surface area contributed by atoms with E-state index >= 15 is 0 Å². The lowest BCUT2D eigenvalue weighted by Gasteiger charge is -2.13. The van der Waals surface area contributed by atoms with Crippen LogP contribution in [0.3, 0.4) is 0 Å². The highest BCUT2D eigenvalue weighted by Crippen LogP contribution is 2.30. The van der Waals surface area contributed by atoms with Gasteiger partial charge in [0.15, 0.2) is 5.16 Å². The van der Waals surface area contributed by atoms with Crippen molar-refractivity contribution in [3.8, 4) is 22.8 Å². The molecule has 1 aromatic heterocycles. The Morgan fingerprint density at radius 1 is 1.13 bits per heavy atom. The highest BCUT2D eigenvalue weighted by atomic mass is 32.2. The molecule has 1 heterocycles. The summed E-state index contributed by atoms with van der Waals surface area (Å²) in [6.45, 7) is 4.81. The van der Waals surface area contributed by atoms with Crippen LogP contribution in [-0.4, -0.2) is 34.4 Å². The lowest BCUT2D eigenvalue weighted by Crippen LogP contribution is -2.15. The first-order chi connectivity index (χ1) is 14.5. The fraction of sp³-hybridized carbons (Fsp3) is 0.273. The van der Waals surface area contributed by atoms with Crippen LogP contribution in [0.15, 0.2) is 53.8 Å². The van der Waals surface area contributed by atoms with Crippen LogP contribution in [-0.2, 0) is 11.8 Å². The molecular formula is C22H24FN3O3S. The monoisotopic (exact) mass is 429 g/mol. The van der Waals surface area contributed by atoms with Gasteiger partial charge in [-0.05, 0) is 55.8 Å². The molecule has 6 nitrogen and oxygen atoms in total. The normalized spacial score (nSPS) is 10.7. The van der Waals surface area contributed by atoms with E-state index in [0.29, 0.717) is 35.6 Å². The molecule has 2 aromatic carbocycles. The summed E-state index contributed by atoms with van der Waals surface area (Å²) in [5.41, 5.74) is 2.28. The minimum atomic E-state index is -0.285. The third-order valence-electron chi connectivity index (χ3n) is 4.25. The smallest absolute Gasteiger partial charge is 0.234 e. The van der Waals surface area contributed by atoms with Crippen molar-refractivity contribution < 1.29 is 18.7 Å². The molecule has 1 N–H and O–H groups in total. The van der Waals surface area contributed by atoms with Crippen LogP contribution in [0.25, 0.3) is 11.3 Å². The van der Waals surface area contributed by atoms with Gasteiger partial charge in [0.2, 0.25) is 5.91 Å². The van der Waals surface area contributed by atoms with Gasteiger partial charge in [-0.3, -0.25) is 4.79 Å². The Morgan fingerprint density at radius 2 is 1.87 bits per heavy atom. The number of rotatable bonds is 9. The lowest BCUT2D eigenvalue weighted by atomic mass is 10.2. The number of anilines is 1. The van der Waals surface area contributed by atoms with Crippen molar-refractivity contribution in [3.63, 3.8) is 0 Å². The van der Waals surface area contributed by atoms with Crippen LogP contribution in [0.1, 0.15) is 13.8 Å². The molecule has 0 aliphatic carbocycles. The Labute approximate surface area is 179 Å². The van der Waals surface area contributed by atoms with Gasteiger partial charge in [0.05, 0.1) is 36.5 Å². The van der Waals surface area contributed by atoms with Crippen LogP contribution < -0.4 is 14.8 Å². The summed E-state index contributed by atoms with van der Waals surface area (Å²) in [4.78, 5) is 16.9. The number of ether oxygens (including phenoxy) is 2. The number of amides is 1. The standard InChI is InChI=1S/C22H24FN3O3S/c1-4-28-17-10-11-20(29-5-2)18(12-17)25-21(27)14-30-22-24-13-19(26(22)3)15-6-8-16(23)9-7-15/h6-13H,4-5,14H2,1-3H3,(H,25,27). The number of hydrogen-bond donors (Lipinski definition) is 1. The predicted molar refractivity (Wildman–Crippen MR) is 117 cm³/mol. The van der Waals surface area contributed by atoms with Crippen LogP contribution in [0.5, 0.6) is 11.5 Å². The zero-order valence-corrected chi connectivity index (χ0v) is 18.0. The summed E-state index contributed by atoms with van der Waals surface area (Å²) in [7, 11) is 1.87. The maximum absolute atomic E-state index is 13.2. The number of halogens is 1. The van der Waals surface area contributed by atoms with Crippen LogP contribution >= 0.6 is 11.8 Å².